The van der Waals surface area contributed by atoms with Gasteiger partial charge in [0.15, 0.2) is 16.7 Å². The molecule has 1 unspecified atom stereocenters. The zero-order chi connectivity index (χ0) is 22.0. The van der Waals surface area contributed by atoms with Gasteiger partial charge in [-0.15, -0.1) is 0 Å². The molecule has 0 fully saturated rings. The molecule has 0 radical (unpaired) electrons. The maximum absolute atomic E-state index is 12.6. The highest BCUT2D eigenvalue weighted by atomic mass is 35.5. The number of nitrogens with one attached hydrogen (secondary N) is 1. The van der Waals surface area contributed by atoms with Crippen molar-refractivity contribution in [2.45, 2.75) is 13.0 Å². The Morgan fingerprint density at radius 2 is 1.94 bits per heavy atom. The molecule has 1 atom stereocenters. The van der Waals surface area contributed by atoms with Crippen molar-refractivity contribution in [1.29, 1.82) is 0 Å². The molecule has 1 aromatic heterocycles. The van der Waals surface area contributed by atoms with Gasteiger partial charge < -0.3 is 14.5 Å². The molecule has 9 heteroatoms. The molecule has 1 amide bonds. The van der Waals surface area contributed by atoms with Crippen LogP contribution in [-0.2, 0) is 4.79 Å². The van der Waals surface area contributed by atoms with Gasteiger partial charge in [-0.05, 0) is 43.3 Å². The zero-order valence-corrected chi connectivity index (χ0v) is 17.0. The lowest BCUT2D eigenvalue weighted by Gasteiger charge is -2.15. The Labute approximate surface area is 181 Å². The lowest BCUT2D eigenvalue weighted by Crippen LogP contribution is -2.30. The average molecular weight is 438 g/mol. The van der Waals surface area contributed by atoms with Gasteiger partial charge in [0.1, 0.15) is 11.3 Å². The van der Waals surface area contributed by atoms with Crippen molar-refractivity contribution in [3.63, 3.8) is 0 Å². The molecular weight excluding hydrogens is 422 g/mol. The predicted molar refractivity (Wildman–Crippen MR) is 116 cm³/mol. The number of benzene rings is 3. The molecule has 0 saturated carbocycles. The second-order valence-corrected chi connectivity index (χ2v) is 7.04. The smallest absolute Gasteiger partial charge is 0.291 e. The van der Waals surface area contributed by atoms with E-state index in [9.17, 15) is 14.9 Å². The van der Waals surface area contributed by atoms with Crippen molar-refractivity contribution < 1.29 is 18.9 Å². The largest absolute Gasteiger partial charge is 0.479 e. The Bertz CT molecular complexity index is 1270. The van der Waals surface area contributed by atoms with Gasteiger partial charge >= 0.3 is 0 Å². The van der Waals surface area contributed by atoms with E-state index in [1.165, 1.54) is 25.1 Å². The number of fused-ring (bicyclic) bond motifs is 1. The number of carbonyl (C=O) groups excluding carboxylic acids is 1. The molecule has 3 aromatic carbocycles. The number of amides is 1. The minimum absolute atomic E-state index is 0.0537. The van der Waals surface area contributed by atoms with Crippen LogP contribution in [0.3, 0.4) is 0 Å². The first-order valence-corrected chi connectivity index (χ1v) is 9.66. The Morgan fingerprint density at radius 3 is 2.68 bits per heavy atom. The summed E-state index contributed by atoms with van der Waals surface area (Å²) in [6.45, 7) is 1.52. The molecule has 0 aliphatic rings. The van der Waals surface area contributed by atoms with E-state index < -0.39 is 16.9 Å². The van der Waals surface area contributed by atoms with Gasteiger partial charge in [-0.25, -0.2) is 4.98 Å². The van der Waals surface area contributed by atoms with Crippen molar-refractivity contribution in [2.75, 3.05) is 5.32 Å². The summed E-state index contributed by atoms with van der Waals surface area (Å²) in [5.74, 6) is 0.0859. The Morgan fingerprint density at radius 1 is 1.16 bits per heavy atom. The van der Waals surface area contributed by atoms with Crippen LogP contribution < -0.4 is 10.1 Å². The van der Waals surface area contributed by atoms with Crippen LogP contribution in [0, 0.1) is 10.1 Å². The van der Waals surface area contributed by atoms with Crippen molar-refractivity contribution in [3.05, 3.63) is 81.9 Å². The number of ether oxygens (including phenoxy) is 1. The number of nitro benzene ring substituents is 1. The van der Waals surface area contributed by atoms with E-state index in [-0.39, 0.29) is 16.5 Å². The first-order chi connectivity index (χ1) is 14.9. The maximum atomic E-state index is 12.6. The third-order valence-electron chi connectivity index (χ3n) is 4.49. The fraction of sp³-hybridized carbons (Fsp3) is 0.0909. The van der Waals surface area contributed by atoms with Gasteiger partial charge in [-0.3, -0.25) is 14.9 Å². The van der Waals surface area contributed by atoms with Gasteiger partial charge in [-0.2, -0.15) is 0 Å². The minimum Gasteiger partial charge on any atom is -0.479 e. The normalized spacial score (nSPS) is 11.8. The van der Waals surface area contributed by atoms with Crippen LogP contribution in [0.2, 0.25) is 5.02 Å². The standard InChI is InChI=1S/C22H16ClN3O5/c1-13(30-19-9-5-8-17(20(19)23)26(28)29)21(27)24-15-10-11-18-16(12-15)25-22(31-18)14-6-3-2-4-7-14/h2-13H,1H3,(H,24,27). The van der Waals surface area contributed by atoms with Gasteiger partial charge in [0, 0.05) is 17.3 Å². The van der Waals surface area contributed by atoms with E-state index in [0.29, 0.717) is 22.7 Å². The lowest BCUT2D eigenvalue weighted by molar-refractivity contribution is -0.384. The van der Waals surface area contributed by atoms with Crippen LogP contribution in [0.15, 0.2) is 71.1 Å². The lowest BCUT2D eigenvalue weighted by atomic mass is 10.2. The van der Waals surface area contributed by atoms with Crippen molar-refractivity contribution >= 4 is 40.0 Å². The van der Waals surface area contributed by atoms with Crippen LogP contribution in [0.4, 0.5) is 11.4 Å². The maximum Gasteiger partial charge on any atom is 0.291 e. The van der Waals surface area contributed by atoms with Gasteiger partial charge in [0.25, 0.3) is 11.6 Å². The SMILES string of the molecule is CC(Oc1cccc([N+](=O)[O-])c1Cl)C(=O)Nc1ccc2oc(-c3ccccc3)nc2c1. The van der Waals surface area contributed by atoms with Gasteiger partial charge in [0.05, 0.1) is 4.92 Å². The molecule has 0 saturated heterocycles. The minimum atomic E-state index is -0.951. The molecule has 8 nitrogen and oxygen atoms in total. The number of halogens is 1. The summed E-state index contributed by atoms with van der Waals surface area (Å²) in [4.78, 5) is 27.4. The summed E-state index contributed by atoms with van der Waals surface area (Å²) in [5, 5.41) is 13.6. The Balaban J connectivity index is 1.49. The number of anilines is 1. The molecule has 0 aliphatic heterocycles. The summed E-state index contributed by atoms with van der Waals surface area (Å²) >= 11 is 6.01. The first kappa shape index (κ1) is 20.4. The van der Waals surface area contributed by atoms with Crippen LogP contribution in [-0.4, -0.2) is 21.9 Å². The van der Waals surface area contributed by atoms with Crippen molar-refractivity contribution in [1.82, 2.24) is 4.98 Å². The first-order valence-electron chi connectivity index (χ1n) is 9.29. The average Bonchev–Trinajstić information content (AvgIpc) is 3.19. The Hall–Kier alpha value is -3.91. The number of aromatic nitrogens is 1. The fourth-order valence-electron chi connectivity index (χ4n) is 2.93. The van der Waals surface area contributed by atoms with E-state index in [2.05, 4.69) is 10.3 Å². The molecule has 1 N–H and O–H groups in total. The van der Waals surface area contributed by atoms with Gasteiger partial charge in [-0.1, -0.05) is 35.9 Å². The number of nitro groups is 1. The third-order valence-corrected chi connectivity index (χ3v) is 4.87. The number of rotatable bonds is 6. The zero-order valence-electron chi connectivity index (χ0n) is 16.2. The van der Waals surface area contributed by atoms with E-state index in [1.807, 2.05) is 30.3 Å². The number of hydrogen-bond donors (Lipinski definition) is 1. The number of carbonyl (C=O) groups is 1. The van der Waals surface area contributed by atoms with E-state index in [1.54, 1.807) is 18.2 Å². The number of nitrogens with zero attached hydrogens (tertiary/aromatic N) is 2. The molecule has 31 heavy (non-hydrogen) atoms. The second kappa shape index (κ2) is 8.45. The molecule has 4 aromatic rings. The molecule has 0 spiro atoms. The summed E-state index contributed by atoms with van der Waals surface area (Å²) < 4.78 is 11.3. The number of hydrogen-bond acceptors (Lipinski definition) is 6. The van der Waals surface area contributed by atoms with E-state index in [0.717, 1.165) is 5.56 Å². The predicted octanol–water partition coefficient (Wildman–Crippen LogP) is 5.46. The van der Waals surface area contributed by atoms with Crippen LogP contribution in [0.25, 0.3) is 22.6 Å². The van der Waals surface area contributed by atoms with Crippen LogP contribution in [0.5, 0.6) is 5.75 Å². The summed E-state index contributed by atoms with van der Waals surface area (Å²) in [6.07, 6.45) is -0.951. The quantitative estimate of drug-likeness (QED) is 0.317. The van der Waals surface area contributed by atoms with E-state index in [4.69, 9.17) is 20.8 Å². The highest BCUT2D eigenvalue weighted by Gasteiger charge is 2.21. The molecule has 0 bridgehead atoms. The van der Waals surface area contributed by atoms with Crippen LogP contribution >= 0.6 is 11.6 Å². The molecule has 156 valence electrons. The molecule has 4 rings (SSSR count). The second-order valence-electron chi connectivity index (χ2n) is 6.66. The molecule has 0 aliphatic carbocycles. The Kier molecular flexibility index (Phi) is 5.55. The topological polar surface area (TPSA) is 108 Å². The van der Waals surface area contributed by atoms with Gasteiger partial charge in [0.2, 0.25) is 5.89 Å². The van der Waals surface area contributed by atoms with E-state index >= 15 is 0 Å². The summed E-state index contributed by atoms with van der Waals surface area (Å²) in [5.41, 5.74) is 2.24. The summed E-state index contributed by atoms with van der Waals surface area (Å²) in [6, 6.07) is 18.7. The number of oxazole rings is 1. The van der Waals surface area contributed by atoms with Crippen molar-refractivity contribution in [3.8, 4) is 17.2 Å². The fourth-order valence-corrected chi connectivity index (χ4v) is 3.17. The monoisotopic (exact) mass is 437 g/mol. The third kappa shape index (κ3) is 4.34. The van der Waals surface area contributed by atoms with Crippen LogP contribution in [0.1, 0.15) is 6.92 Å². The highest BCUT2D eigenvalue weighted by Crippen LogP contribution is 2.34. The highest BCUT2D eigenvalue weighted by molar-refractivity contribution is 6.34. The molecular formula is C22H16ClN3O5. The summed E-state index contributed by atoms with van der Waals surface area (Å²) in [7, 11) is 0. The van der Waals surface area contributed by atoms with Crippen molar-refractivity contribution in [2.24, 2.45) is 0 Å². The molecule has 1 heterocycles.